The Balaban J connectivity index is 1.77. The third-order valence-corrected chi connectivity index (χ3v) is 6.48. The summed E-state index contributed by atoms with van der Waals surface area (Å²) in [5.74, 6) is -4.16. The van der Waals surface area contributed by atoms with Gasteiger partial charge in [-0.1, -0.05) is 12.1 Å². The van der Waals surface area contributed by atoms with Crippen LogP contribution in [-0.4, -0.2) is 30.8 Å². The Hall–Kier alpha value is -3.88. The molecule has 0 aliphatic rings. The Kier molecular flexibility index (Phi) is 7.24. The van der Waals surface area contributed by atoms with Crippen molar-refractivity contribution < 1.29 is 36.2 Å². The first-order valence-corrected chi connectivity index (χ1v) is 11.0. The molecule has 0 saturated carbocycles. The van der Waals surface area contributed by atoms with Gasteiger partial charge in [-0.25, -0.2) is 26.4 Å². The predicted molar refractivity (Wildman–Crippen MR) is 114 cm³/mol. The van der Waals surface area contributed by atoms with E-state index in [0.717, 1.165) is 16.4 Å². The SMILES string of the molecule is CN(Cc1ccc(OC(C(=O)O)c2cc(F)cc(C#N)c2)cc1)S(=O)(=O)c1cc(F)cc(F)c1. The first-order valence-electron chi connectivity index (χ1n) is 9.61. The van der Waals surface area contributed by atoms with Gasteiger partial charge in [0.2, 0.25) is 16.1 Å². The van der Waals surface area contributed by atoms with Crippen molar-refractivity contribution >= 4 is 16.0 Å². The minimum Gasteiger partial charge on any atom is -0.478 e. The highest BCUT2D eigenvalue weighted by molar-refractivity contribution is 7.89. The Labute approximate surface area is 193 Å². The zero-order chi connectivity index (χ0) is 25.0. The lowest BCUT2D eigenvalue weighted by Gasteiger charge is -2.19. The molecular weight excluding hydrogens is 473 g/mol. The molecule has 0 fully saturated rings. The summed E-state index contributed by atoms with van der Waals surface area (Å²) in [6.45, 7) is -0.154. The minimum atomic E-state index is -4.19. The molecule has 7 nitrogen and oxygen atoms in total. The number of hydrogen-bond donors (Lipinski definition) is 1. The summed E-state index contributed by atoms with van der Waals surface area (Å²) in [5.41, 5.74) is 0.337. The zero-order valence-electron chi connectivity index (χ0n) is 17.6. The maximum Gasteiger partial charge on any atom is 0.349 e. The number of carboxylic acid groups (broad SMARTS) is 1. The number of halogens is 3. The Morgan fingerprint density at radius 3 is 2.18 bits per heavy atom. The van der Waals surface area contributed by atoms with Crippen molar-refractivity contribution in [1.82, 2.24) is 4.31 Å². The van der Waals surface area contributed by atoms with Gasteiger partial charge in [0.05, 0.1) is 16.5 Å². The molecule has 11 heteroatoms. The Morgan fingerprint density at radius 1 is 1.03 bits per heavy atom. The second kappa shape index (κ2) is 9.94. The molecule has 0 radical (unpaired) electrons. The Morgan fingerprint density at radius 2 is 1.62 bits per heavy atom. The molecule has 1 N–H and O–H groups in total. The molecule has 34 heavy (non-hydrogen) atoms. The van der Waals surface area contributed by atoms with Crippen LogP contribution < -0.4 is 4.74 Å². The van der Waals surface area contributed by atoms with Crippen molar-refractivity contribution in [2.24, 2.45) is 0 Å². The van der Waals surface area contributed by atoms with Crippen molar-refractivity contribution in [2.75, 3.05) is 7.05 Å². The second-order valence-electron chi connectivity index (χ2n) is 7.23. The fraction of sp³-hybridized carbons (Fsp3) is 0.130. The summed E-state index contributed by atoms with van der Waals surface area (Å²) < 4.78 is 72.1. The molecule has 0 spiro atoms. The normalized spacial score (nSPS) is 12.2. The van der Waals surface area contributed by atoms with E-state index in [2.05, 4.69) is 0 Å². The number of rotatable bonds is 8. The van der Waals surface area contributed by atoms with Gasteiger partial charge < -0.3 is 9.84 Å². The summed E-state index contributed by atoms with van der Waals surface area (Å²) in [5, 5.41) is 18.5. The van der Waals surface area contributed by atoms with Gasteiger partial charge in [0.1, 0.15) is 23.2 Å². The van der Waals surface area contributed by atoms with E-state index in [4.69, 9.17) is 10.00 Å². The summed E-state index contributed by atoms with van der Waals surface area (Å²) in [6, 6.07) is 12.5. The highest BCUT2D eigenvalue weighted by Crippen LogP contribution is 2.25. The van der Waals surface area contributed by atoms with E-state index in [0.29, 0.717) is 23.8 Å². The van der Waals surface area contributed by atoms with Crippen LogP contribution in [0, 0.1) is 28.8 Å². The lowest BCUT2D eigenvalue weighted by molar-refractivity contribution is -0.145. The topological polar surface area (TPSA) is 108 Å². The fourth-order valence-electron chi connectivity index (χ4n) is 3.10. The van der Waals surface area contributed by atoms with E-state index in [1.807, 2.05) is 0 Å². The molecule has 0 amide bonds. The van der Waals surface area contributed by atoms with Gasteiger partial charge in [-0.05, 0) is 48.0 Å². The quantitative estimate of drug-likeness (QED) is 0.512. The summed E-state index contributed by atoms with van der Waals surface area (Å²) >= 11 is 0. The van der Waals surface area contributed by atoms with Crippen molar-refractivity contribution in [1.29, 1.82) is 5.26 Å². The van der Waals surface area contributed by atoms with Gasteiger partial charge >= 0.3 is 5.97 Å². The molecule has 0 saturated heterocycles. The predicted octanol–water partition coefficient (Wildman–Crippen LogP) is 4.00. The van der Waals surface area contributed by atoms with E-state index in [-0.39, 0.29) is 23.4 Å². The molecule has 3 aromatic rings. The van der Waals surface area contributed by atoms with Crippen molar-refractivity contribution in [3.63, 3.8) is 0 Å². The molecule has 0 aliphatic heterocycles. The van der Waals surface area contributed by atoms with E-state index in [1.54, 1.807) is 6.07 Å². The summed E-state index contributed by atoms with van der Waals surface area (Å²) in [7, 11) is -2.95. The largest absolute Gasteiger partial charge is 0.478 e. The van der Waals surface area contributed by atoms with Gasteiger partial charge in [0.25, 0.3) is 0 Å². The maximum absolute atomic E-state index is 13.7. The summed E-state index contributed by atoms with van der Waals surface area (Å²) in [4.78, 5) is 11.1. The zero-order valence-corrected chi connectivity index (χ0v) is 18.4. The number of nitrogens with zero attached hydrogens (tertiary/aromatic N) is 2. The van der Waals surface area contributed by atoms with E-state index in [9.17, 15) is 31.5 Å². The van der Waals surface area contributed by atoms with Crippen molar-refractivity contribution in [3.05, 3.63) is 94.8 Å². The molecule has 3 rings (SSSR count). The molecular formula is C23H17F3N2O5S. The van der Waals surface area contributed by atoms with Crippen molar-refractivity contribution in [3.8, 4) is 11.8 Å². The average Bonchev–Trinajstić information content (AvgIpc) is 2.77. The van der Waals surface area contributed by atoms with Gasteiger partial charge in [-0.3, -0.25) is 0 Å². The van der Waals surface area contributed by atoms with Crippen LogP contribution >= 0.6 is 0 Å². The monoisotopic (exact) mass is 490 g/mol. The molecule has 3 aromatic carbocycles. The lowest BCUT2D eigenvalue weighted by Crippen LogP contribution is -2.26. The molecule has 176 valence electrons. The molecule has 0 heterocycles. The fourth-order valence-corrected chi connectivity index (χ4v) is 4.30. The van der Waals surface area contributed by atoms with Crippen LogP contribution in [0.25, 0.3) is 0 Å². The third-order valence-electron chi connectivity index (χ3n) is 4.70. The van der Waals surface area contributed by atoms with Crippen LogP contribution in [-0.2, 0) is 21.4 Å². The van der Waals surface area contributed by atoms with Gasteiger partial charge in [-0.2, -0.15) is 9.57 Å². The van der Waals surface area contributed by atoms with Crippen LogP contribution in [0.3, 0.4) is 0 Å². The highest BCUT2D eigenvalue weighted by Gasteiger charge is 2.25. The van der Waals surface area contributed by atoms with Crippen LogP contribution in [0.2, 0.25) is 0 Å². The maximum atomic E-state index is 13.7. The standard InChI is InChI=1S/C23H17F3N2O5S/c1-28(34(31,32)21-10-18(25)9-19(26)11-21)13-14-2-4-20(5-3-14)33-22(23(29)30)16-6-15(12-27)7-17(24)8-16/h2-11,22H,13H2,1H3,(H,29,30). The molecule has 0 bridgehead atoms. The molecule has 0 aromatic heterocycles. The van der Waals surface area contributed by atoms with E-state index < -0.39 is 44.4 Å². The minimum absolute atomic E-state index is 0.0670. The average molecular weight is 490 g/mol. The molecule has 1 unspecified atom stereocenters. The smallest absolute Gasteiger partial charge is 0.349 e. The second-order valence-corrected chi connectivity index (χ2v) is 9.28. The number of sulfonamides is 1. The number of carbonyl (C=O) groups is 1. The first kappa shape index (κ1) is 24.8. The van der Waals surface area contributed by atoms with Gasteiger partial charge in [-0.15, -0.1) is 0 Å². The van der Waals surface area contributed by atoms with Crippen LogP contribution in [0.5, 0.6) is 5.75 Å². The Bertz CT molecular complexity index is 1350. The van der Waals surface area contributed by atoms with Crippen LogP contribution in [0.1, 0.15) is 22.8 Å². The van der Waals surface area contributed by atoms with Gasteiger partial charge in [0.15, 0.2) is 0 Å². The number of hydrogen-bond acceptors (Lipinski definition) is 5. The number of ether oxygens (including phenoxy) is 1. The van der Waals surface area contributed by atoms with E-state index in [1.165, 1.54) is 37.4 Å². The third kappa shape index (κ3) is 5.72. The highest BCUT2D eigenvalue weighted by atomic mass is 32.2. The van der Waals surface area contributed by atoms with E-state index >= 15 is 0 Å². The van der Waals surface area contributed by atoms with Crippen LogP contribution in [0.4, 0.5) is 13.2 Å². The first-order chi connectivity index (χ1) is 16.0. The molecule has 1 atom stereocenters. The number of nitriles is 1. The van der Waals surface area contributed by atoms with Crippen LogP contribution in [0.15, 0.2) is 65.6 Å². The number of benzene rings is 3. The summed E-state index contributed by atoms with van der Waals surface area (Å²) in [6.07, 6.45) is -1.60. The molecule has 0 aliphatic carbocycles. The van der Waals surface area contributed by atoms with Crippen molar-refractivity contribution in [2.45, 2.75) is 17.5 Å². The lowest BCUT2D eigenvalue weighted by atomic mass is 10.1. The van der Waals surface area contributed by atoms with Gasteiger partial charge in [0, 0.05) is 25.2 Å². The number of carboxylic acids is 1. The number of aliphatic carboxylic acids is 1.